The molecule has 0 aliphatic carbocycles. The van der Waals surface area contributed by atoms with Crippen LogP contribution in [-0.4, -0.2) is 47.7 Å². The summed E-state index contributed by atoms with van der Waals surface area (Å²) >= 11 is 0. The number of hydrogen-bond donors (Lipinski definition) is 1. The number of aryl methyl sites for hydroxylation is 2. The maximum absolute atomic E-state index is 13.7. The predicted octanol–water partition coefficient (Wildman–Crippen LogP) is 5.37. The summed E-state index contributed by atoms with van der Waals surface area (Å²) in [6, 6.07) is 16.8. The van der Waals surface area contributed by atoms with E-state index in [0.29, 0.717) is 45.8 Å². The van der Waals surface area contributed by atoms with Gasteiger partial charge in [0, 0.05) is 11.3 Å². The van der Waals surface area contributed by atoms with E-state index in [1.807, 2.05) is 55.5 Å². The van der Waals surface area contributed by atoms with Gasteiger partial charge in [-0.05, 0) is 62.1 Å². The molecular formula is C29H32N4O4S. The summed E-state index contributed by atoms with van der Waals surface area (Å²) in [5, 5.41) is 8.33. The highest BCUT2D eigenvalue weighted by atomic mass is 32.2. The van der Waals surface area contributed by atoms with Gasteiger partial charge in [-0.2, -0.15) is 5.10 Å². The van der Waals surface area contributed by atoms with Crippen molar-refractivity contribution in [3.05, 3.63) is 71.4 Å². The number of sulfone groups is 1. The maximum Gasteiger partial charge on any atom is 0.256 e. The molecule has 1 atom stereocenters. The fraction of sp³-hybridized carbons (Fsp3) is 0.345. The smallest absolute Gasteiger partial charge is 0.256 e. The summed E-state index contributed by atoms with van der Waals surface area (Å²) in [7, 11) is -1.54. The standard InChI is InChI=1S/C29H32N4O4S/c1-4-5-7-20-10-12-22(13-11-20)30-29(34)25-17-26(21-8-6-9-24(16-21)37-3)31-28-27(25)19(2)32-33(28)23-14-15-38(35,36)18-23/h6,8-13,16-17,23H,4-5,7,14-15,18H2,1-3H3,(H,30,34). The Morgan fingerprint density at radius 2 is 1.95 bits per heavy atom. The first-order valence-corrected chi connectivity index (χ1v) is 14.7. The summed E-state index contributed by atoms with van der Waals surface area (Å²) in [5.41, 5.74) is 4.88. The Kier molecular flexibility index (Phi) is 7.21. The first kappa shape index (κ1) is 25.9. The van der Waals surface area contributed by atoms with Crippen molar-refractivity contribution < 1.29 is 17.9 Å². The van der Waals surface area contributed by atoms with Crippen LogP contribution in [0.1, 0.15) is 53.8 Å². The summed E-state index contributed by atoms with van der Waals surface area (Å²) in [6.45, 7) is 3.99. The number of fused-ring (bicyclic) bond motifs is 1. The molecule has 3 heterocycles. The second kappa shape index (κ2) is 10.6. The molecule has 1 N–H and O–H groups in total. The molecule has 0 spiro atoms. The lowest BCUT2D eigenvalue weighted by Gasteiger charge is -2.13. The van der Waals surface area contributed by atoms with Gasteiger partial charge in [0.2, 0.25) is 0 Å². The van der Waals surface area contributed by atoms with Crippen LogP contribution in [0.15, 0.2) is 54.6 Å². The lowest BCUT2D eigenvalue weighted by Crippen LogP contribution is -2.15. The van der Waals surface area contributed by atoms with E-state index in [0.717, 1.165) is 24.8 Å². The van der Waals surface area contributed by atoms with Crippen LogP contribution in [0.5, 0.6) is 5.75 Å². The third kappa shape index (κ3) is 5.29. The molecule has 2 aromatic heterocycles. The van der Waals surface area contributed by atoms with E-state index in [9.17, 15) is 13.2 Å². The fourth-order valence-electron chi connectivity index (χ4n) is 4.98. The van der Waals surface area contributed by atoms with Crippen molar-refractivity contribution in [2.24, 2.45) is 0 Å². The minimum atomic E-state index is -3.14. The molecular weight excluding hydrogens is 500 g/mol. The predicted molar refractivity (Wildman–Crippen MR) is 150 cm³/mol. The molecule has 1 unspecified atom stereocenters. The first-order valence-electron chi connectivity index (χ1n) is 12.9. The van der Waals surface area contributed by atoms with Crippen molar-refractivity contribution in [1.82, 2.24) is 14.8 Å². The number of methoxy groups -OCH3 is 1. The Labute approximate surface area is 223 Å². The van der Waals surface area contributed by atoms with Crippen LogP contribution in [0.4, 0.5) is 5.69 Å². The lowest BCUT2D eigenvalue weighted by atomic mass is 10.0. The Balaban J connectivity index is 1.59. The molecule has 0 saturated carbocycles. The normalized spacial score (nSPS) is 16.6. The molecule has 0 bridgehead atoms. The zero-order valence-electron chi connectivity index (χ0n) is 21.9. The zero-order valence-corrected chi connectivity index (χ0v) is 22.7. The van der Waals surface area contributed by atoms with E-state index in [1.54, 1.807) is 17.9 Å². The van der Waals surface area contributed by atoms with E-state index < -0.39 is 9.84 Å². The second-order valence-electron chi connectivity index (χ2n) is 9.83. The number of amides is 1. The molecule has 1 amide bonds. The van der Waals surface area contributed by atoms with Gasteiger partial charge in [0.25, 0.3) is 5.91 Å². The van der Waals surface area contributed by atoms with Crippen LogP contribution in [0.3, 0.4) is 0 Å². The number of nitrogens with zero attached hydrogens (tertiary/aromatic N) is 3. The second-order valence-corrected chi connectivity index (χ2v) is 12.1. The lowest BCUT2D eigenvalue weighted by molar-refractivity contribution is 0.102. The molecule has 4 aromatic rings. The number of pyridine rings is 1. The number of nitrogens with one attached hydrogen (secondary N) is 1. The summed E-state index contributed by atoms with van der Waals surface area (Å²) in [6.07, 6.45) is 3.73. The van der Waals surface area contributed by atoms with Crippen LogP contribution in [0.25, 0.3) is 22.3 Å². The molecule has 1 saturated heterocycles. The van der Waals surface area contributed by atoms with Gasteiger partial charge in [-0.1, -0.05) is 37.6 Å². The van der Waals surface area contributed by atoms with Crippen LogP contribution in [0, 0.1) is 6.92 Å². The quantitative estimate of drug-likeness (QED) is 0.327. The molecule has 5 rings (SSSR count). The zero-order chi connectivity index (χ0) is 26.9. The number of carbonyl (C=O) groups excluding carboxylic acids is 1. The van der Waals surface area contributed by atoms with Crippen LogP contribution in [-0.2, 0) is 16.3 Å². The van der Waals surface area contributed by atoms with E-state index >= 15 is 0 Å². The number of benzene rings is 2. The topological polar surface area (TPSA) is 103 Å². The van der Waals surface area contributed by atoms with Crippen molar-refractivity contribution in [3.63, 3.8) is 0 Å². The maximum atomic E-state index is 13.7. The van der Waals surface area contributed by atoms with E-state index in [2.05, 4.69) is 17.3 Å². The molecule has 1 aliphatic rings. The van der Waals surface area contributed by atoms with Gasteiger partial charge in [0.05, 0.1) is 47.0 Å². The van der Waals surface area contributed by atoms with E-state index in [4.69, 9.17) is 9.72 Å². The Morgan fingerprint density at radius 1 is 1.16 bits per heavy atom. The molecule has 8 nitrogen and oxygen atoms in total. The van der Waals surface area contributed by atoms with Crippen molar-refractivity contribution >= 4 is 32.5 Å². The minimum Gasteiger partial charge on any atom is -0.497 e. The number of aromatic nitrogens is 3. The van der Waals surface area contributed by atoms with Gasteiger partial charge in [0.1, 0.15) is 5.75 Å². The van der Waals surface area contributed by atoms with Gasteiger partial charge >= 0.3 is 0 Å². The summed E-state index contributed by atoms with van der Waals surface area (Å²) in [5.74, 6) is 0.532. The van der Waals surface area contributed by atoms with Gasteiger partial charge in [-0.15, -0.1) is 0 Å². The average molecular weight is 533 g/mol. The molecule has 2 aromatic carbocycles. The van der Waals surface area contributed by atoms with Crippen molar-refractivity contribution in [2.45, 2.75) is 45.6 Å². The molecule has 198 valence electrons. The van der Waals surface area contributed by atoms with Crippen molar-refractivity contribution in [3.8, 4) is 17.0 Å². The third-order valence-electron chi connectivity index (χ3n) is 7.03. The van der Waals surface area contributed by atoms with Gasteiger partial charge in [-0.25, -0.2) is 18.1 Å². The highest BCUT2D eigenvalue weighted by Gasteiger charge is 2.32. The Hall–Kier alpha value is -3.72. The van der Waals surface area contributed by atoms with Crippen LogP contribution >= 0.6 is 0 Å². The average Bonchev–Trinajstić information content (AvgIpc) is 3.46. The molecule has 1 fully saturated rings. The van der Waals surface area contributed by atoms with E-state index in [1.165, 1.54) is 5.56 Å². The molecule has 9 heteroatoms. The number of anilines is 1. The Morgan fingerprint density at radius 3 is 2.63 bits per heavy atom. The largest absolute Gasteiger partial charge is 0.497 e. The molecule has 38 heavy (non-hydrogen) atoms. The highest BCUT2D eigenvalue weighted by Crippen LogP contribution is 2.33. The number of unbranched alkanes of at least 4 members (excludes halogenated alkanes) is 1. The number of rotatable bonds is 8. The first-order chi connectivity index (χ1) is 18.3. The summed E-state index contributed by atoms with van der Waals surface area (Å²) in [4.78, 5) is 18.6. The fourth-order valence-corrected chi connectivity index (χ4v) is 6.67. The van der Waals surface area contributed by atoms with Crippen LogP contribution < -0.4 is 10.1 Å². The van der Waals surface area contributed by atoms with Gasteiger partial charge in [0.15, 0.2) is 15.5 Å². The van der Waals surface area contributed by atoms with Crippen LogP contribution in [0.2, 0.25) is 0 Å². The highest BCUT2D eigenvalue weighted by molar-refractivity contribution is 7.91. The van der Waals surface area contributed by atoms with E-state index in [-0.39, 0.29) is 23.5 Å². The monoisotopic (exact) mass is 532 g/mol. The number of carbonyl (C=O) groups is 1. The summed E-state index contributed by atoms with van der Waals surface area (Å²) < 4.78 is 31.6. The SMILES string of the molecule is CCCCc1ccc(NC(=O)c2cc(-c3cccc(OC)c3)nc3c2c(C)nn3C2CCS(=O)(=O)C2)cc1. The number of hydrogen-bond acceptors (Lipinski definition) is 6. The molecule has 1 aliphatic heterocycles. The van der Waals surface area contributed by atoms with Crippen molar-refractivity contribution in [1.29, 1.82) is 0 Å². The van der Waals surface area contributed by atoms with Gasteiger partial charge in [-0.3, -0.25) is 4.79 Å². The minimum absolute atomic E-state index is 0.0141. The number of ether oxygens (including phenoxy) is 1. The molecule has 0 radical (unpaired) electrons. The van der Waals surface area contributed by atoms with Crippen molar-refractivity contribution in [2.75, 3.05) is 23.9 Å². The van der Waals surface area contributed by atoms with Gasteiger partial charge < -0.3 is 10.1 Å². The Bertz CT molecular complexity index is 1590. The third-order valence-corrected chi connectivity index (χ3v) is 8.78.